The molecule has 4 nitrogen and oxygen atoms in total. The van der Waals surface area contributed by atoms with Gasteiger partial charge in [-0.3, -0.25) is 9.78 Å². The van der Waals surface area contributed by atoms with Crippen LogP contribution in [0.1, 0.15) is 29.9 Å². The van der Waals surface area contributed by atoms with Crippen molar-refractivity contribution in [2.24, 2.45) is 5.41 Å². The van der Waals surface area contributed by atoms with Crippen molar-refractivity contribution < 1.29 is 23.1 Å². The lowest BCUT2D eigenvalue weighted by atomic mass is 9.95. The van der Waals surface area contributed by atoms with Crippen molar-refractivity contribution in [2.45, 2.75) is 20.0 Å². The fourth-order valence-corrected chi connectivity index (χ4v) is 1.17. The maximum atomic E-state index is 12.3. The van der Waals surface area contributed by atoms with Gasteiger partial charge in [-0.05, 0) is 12.1 Å². The van der Waals surface area contributed by atoms with E-state index in [2.05, 4.69) is 10.3 Å². The summed E-state index contributed by atoms with van der Waals surface area (Å²) in [4.78, 5) is 14.9. The van der Waals surface area contributed by atoms with Crippen LogP contribution in [0.2, 0.25) is 0 Å². The highest BCUT2D eigenvalue weighted by molar-refractivity contribution is 5.93. The number of aliphatic hydroxyl groups is 1. The number of pyridine rings is 1. The van der Waals surface area contributed by atoms with Gasteiger partial charge >= 0.3 is 6.18 Å². The van der Waals surface area contributed by atoms with E-state index >= 15 is 0 Å². The third kappa shape index (κ3) is 4.51. The molecule has 1 aromatic heterocycles. The molecule has 0 spiro atoms. The number of halogens is 3. The monoisotopic (exact) mass is 276 g/mol. The first-order valence-corrected chi connectivity index (χ1v) is 5.58. The number of hydrogen-bond donors (Lipinski definition) is 2. The Labute approximate surface area is 108 Å². The van der Waals surface area contributed by atoms with Crippen molar-refractivity contribution in [3.63, 3.8) is 0 Å². The molecule has 0 aliphatic carbocycles. The first-order valence-electron chi connectivity index (χ1n) is 5.58. The summed E-state index contributed by atoms with van der Waals surface area (Å²) in [6.07, 6.45) is -3.64. The molecule has 0 atom stereocenters. The minimum atomic E-state index is -4.52. The maximum Gasteiger partial charge on any atom is 0.433 e. The predicted octanol–water partition coefficient (Wildman–Crippen LogP) is 1.85. The van der Waals surface area contributed by atoms with Crippen LogP contribution in [0, 0.1) is 5.41 Å². The normalized spacial score (nSPS) is 12.3. The molecule has 0 fully saturated rings. The summed E-state index contributed by atoms with van der Waals surface area (Å²) in [5.74, 6) is -0.525. The van der Waals surface area contributed by atoms with Gasteiger partial charge in [-0.2, -0.15) is 13.2 Å². The molecule has 2 N–H and O–H groups in total. The molecule has 1 rings (SSSR count). The van der Waals surface area contributed by atoms with Crippen molar-refractivity contribution in [2.75, 3.05) is 13.2 Å². The molecular weight excluding hydrogens is 261 g/mol. The Balaban J connectivity index is 2.69. The lowest BCUT2D eigenvalue weighted by Gasteiger charge is -2.21. The zero-order chi connectivity index (χ0) is 14.7. The topological polar surface area (TPSA) is 62.2 Å². The van der Waals surface area contributed by atoms with E-state index < -0.39 is 23.2 Å². The summed E-state index contributed by atoms with van der Waals surface area (Å²) in [6.45, 7) is 3.60. The molecule has 0 aliphatic heterocycles. The summed E-state index contributed by atoms with van der Waals surface area (Å²) < 4.78 is 36.8. The van der Waals surface area contributed by atoms with Crippen molar-refractivity contribution in [1.82, 2.24) is 10.3 Å². The van der Waals surface area contributed by atoms with E-state index in [-0.39, 0.29) is 18.7 Å². The second-order valence-electron chi connectivity index (χ2n) is 4.93. The number of nitrogens with one attached hydrogen (secondary N) is 1. The van der Waals surface area contributed by atoms with Crippen LogP contribution in [0.3, 0.4) is 0 Å². The number of aromatic nitrogens is 1. The highest BCUT2D eigenvalue weighted by atomic mass is 19.4. The molecule has 0 radical (unpaired) electrons. The number of rotatable bonds is 4. The van der Waals surface area contributed by atoms with Crippen LogP contribution < -0.4 is 5.32 Å². The smallest absolute Gasteiger partial charge is 0.396 e. The van der Waals surface area contributed by atoms with E-state index in [1.165, 1.54) is 0 Å². The number of hydrogen-bond acceptors (Lipinski definition) is 3. The van der Waals surface area contributed by atoms with Crippen LogP contribution >= 0.6 is 0 Å². The zero-order valence-corrected chi connectivity index (χ0v) is 10.6. The average Bonchev–Trinajstić information content (AvgIpc) is 2.35. The quantitative estimate of drug-likeness (QED) is 0.882. The summed E-state index contributed by atoms with van der Waals surface area (Å²) >= 11 is 0. The van der Waals surface area contributed by atoms with E-state index in [1.807, 2.05) is 0 Å². The van der Waals surface area contributed by atoms with Gasteiger partial charge < -0.3 is 10.4 Å². The average molecular weight is 276 g/mol. The van der Waals surface area contributed by atoms with Gasteiger partial charge in [-0.1, -0.05) is 13.8 Å². The third-order valence-electron chi connectivity index (χ3n) is 2.47. The minimum Gasteiger partial charge on any atom is -0.396 e. The number of carbonyl (C=O) groups is 1. The Morgan fingerprint density at radius 1 is 1.37 bits per heavy atom. The Hall–Kier alpha value is -1.63. The molecule has 0 saturated carbocycles. The Kier molecular flexibility index (Phi) is 4.52. The highest BCUT2D eigenvalue weighted by Crippen LogP contribution is 2.27. The van der Waals surface area contributed by atoms with Crippen molar-refractivity contribution in [1.29, 1.82) is 0 Å². The van der Waals surface area contributed by atoms with Crippen LogP contribution in [0.15, 0.2) is 18.3 Å². The fourth-order valence-electron chi connectivity index (χ4n) is 1.17. The first-order chi connectivity index (χ1) is 8.65. The van der Waals surface area contributed by atoms with Crippen LogP contribution in [-0.4, -0.2) is 29.1 Å². The summed E-state index contributed by atoms with van der Waals surface area (Å²) in [6, 6.07) is 1.82. The zero-order valence-electron chi connectivity index (χ0n) is 10.6. The lowest BCUT2D eigenvalue weighted by Crippen LogP contribution is -2.36. The number of alkyl halides is 3. The van der Waals surface area contributed by atoms with E-state index in [9.17, 15) is 18.0 Å². The Morgan fingerprint density at radius 2 is 2.00 bits per heavy atom. The van der Waals surface area contributed by atoms with Gasteiger partial charge in [-0.15, -0.1) is 0 Å². The SMILES string of the molecule is CC(C)(CO)CNC(=O)c1ccc(C(F)(F)F)nc1. The molecule has 0 aliphatic rings. The van der Waals surface area contributed by atoms with Gasteiger partial charge in [0.2, 0.25) is 0 Å². The number of aliphatic hydroxyl groups excluding tert-OH is 1. The van der Waals surface area contributed by atoms with E-state index in [0.717, 1.165) is 18.3 Å². The van der Waals surface area contributed by atoms with Gasteiger partial charge in [0.05, 0.1) is 5.56 Å². The molecule has 1 amide bonds. The molecular formula is C12H15F3N2O2. The molecule has 106 valence electrons. The standard InChI is InChI=1S/C12H15F3N2O2/c1-11(2,7-18)6-17-10(19)8-3-4-9(16-5-8)12(13,14)15/h3-5,18H,6-7H2,1-2H3,(H,17,19). The fraction of sp³-hybridized carbons (Fsp3) is 0.500. The lowest BCUT2D eigenvalue weighted by molar-refractivity contribution is -0.141. The van der Waals surface area contributed by atoms with Gasteiger partial charge in [-0.25, -0.2) is 0 Å². The second kappa shape index (κ2) is 5.56. The maximum absolute atomic E-state index is 12.3. The minimum absolute atomic E-state index is 0.0433. The van der Waals surface area contributed by atoms with E-state index in [0.29, 0.717) is 0 Å². The molecule has 0 bridgehead atoms. The third-order valence-corrected chi connectivity index (χ3v) is 2.47. The van der Waals surface area contributed by atoms with Crippen LogP contribution in [-0.2, 0) is 6.18 Å². The largest absolute Gasteiger partial charge is 0.433 e. The molecule has 0 aromatic carbocycles. The van der Waals surface area contributed by atoms with Gasteiger partial charge in [0.15, 0.2) is 0 Å². The summed E-state index contributed by atoms with van der Waals surface area (Å²) in [5, 5.41) is 11.5. The summed E-state index contributed by atoms with van der Waals surface area (Å²) in [5.41, 5.74) is -1.49. The van der Waals surface area contributed by atoms with Crippen molar-refractivity contribution in [3.05, 3.63) is 29.6 Å². The van der Waals surface area contributed by atoms with Crippen molar-refractivity contribution >= 4 is 5.91 Å². The number of amides is 1. The van der Waals surface area contributed by atoms with Crippen LogP contribution in [0.5, 0.6) is 0 Å². The van der Waals surface area contributed by atoms with Crippen LogP contribution in [0.25, 0.3) is 0 Å². The number of carbonyl (C=O) groups excluding carboxylic acids is 1. The first kappa shape index (κ1) is 15.4. The van der Waals surface area contributed by atoms with Crippen molar-refractivity contribution in [3.8, 4) is 0 Å². The van der Waals surface area contributed by atoms with E-state index in [1.54, 1.807) is 13.8 Å². The molecule has 19 heavy (non-hydrogen) atoms. The Bertz CT molecular complexity index is 441. The molecule has 1 aromatic rings. The summed E-state index contributed by atoms with van der Waals surface area (Å²) in [7, 11) is 0. The highest BCUT2D eigenvalue weighted by Gasteiger charge is 2.32. The van der Waals surface area contributed by atoms with E-state index in [4.69, 9.17) is 5.11 Å². The molecule has 0 saturated heterocycles. The predicted molar refractivity (Wildman–Crippen MR) is 62.4 cm³/mol. The second-order valence-corrected chi connectivity index (χ2v) is 4.93. The van der Waals surface area contributed by atoms with Gasteiger partial charge in [0.1, 0.15) is 5.69 Å². The molecule has 7 heteroatoms. The van der Waals surface area contributed by atoms with Crippen LogP contribution in [0.4, 0.5) is 13.2 Å². The Morgan fingerprint density at radius 3 is 2.42 bits per heavy atom. The molecule has 1 heterocycles. The number of nitrogens with zero attached hydrogens (tertiary/aromatic N) is 1. The van der Waals surface area contributed by atoms with Gasteiger partial charge in [0.25, 0.3) is 5.91 Å². The molecule has 0 unspecified atom stereocenters. The van der Waals surface area contributed by atoms with Gasteiger partial charge in [0, 0.05) is 24.8 Å².